The molecule has 4 heterocycles. The van der Waals surface area contributed by atoms with Crippen molar-refractivity contribution in [2.24, 2.45) is 0 Å². The van der Waals surface area contributed by atoms with Gasteiger partial charge >= 0.3 is 6.01 Å². The van der Waals surface area contributed by atoms with Crippen molar-refractivity contribution < 1.29 is 14.2 Å². The van der Waals surface area contributed by atoms with E-state index in [1.807, 2.05) is 24.3 Å². The topological polar surface area (TPSA) is 73.8 Å². The number of rotatable bonds is 9. The van der Waals surface area contributed by atoms with Gasteiger partial charge in [-0.15, -0.1) is 11.8 Å². The van der Waals surface area contributed by atoms with E-state index in [4.69, 9.17) is 21.3 Å². The summed E-state index contributed by atoms with van der Waals surface area (Å²) in [7, 11) is 0. The van der Waals surface area contributed by atoms with Crippen molar-refractivity contribution in [1.82, 2.24) is 20.2 Å². The minimum absolute atomic E-state index is 0.0390. The van der Waals surface area contributed by atoms with E-state index < -0.39 is 5.82 Å². The summed E-state index contributed by atoms with van der Waals surface area (Å²) in [6, 6.07) is 10.6. The molecule has 1 aromatic heterocycles. The summed E-state index contributed by atoms with van der Waals surface area (Å²) >= 11 is 8.29. The highest BCUT2D eigenvalue weighted by Gasteiger charge is 2.34. The quantitative estimate of drug-likeness (QED) is 0.261. The molecule has 2 fully saturated rings. The number of nitrogens with zero attached hydrogens (tertiary/aromatic N) is 4. The maximum absolute atomic E-state index is 16.6. The molecule has 42 heavy (non-hydrogen) atoms. The number of halogens is 2. The van der Waals surface area contributed by atoms with Crippen molar-refractivity contribution in [2.75, 3.05) is 44.2 Å². The third kappa shape index (κ3) is 6.11. The van der Waals surface area contributed by atoms with Gasteiger partial charge in [-0.3, -0.25) is 0 Å². The van der Waals surface area contributed by atoms with Crippen molar-refractivity contribution >= 4 is 51.1 Å². The number of hydrogen-bond acceptors (Lipinski definition) is 8. The number of benzene rings is 2. The number of nitrogens with one attached hydrogen (secondary N) is 1. The number of aliphatic hydroxyl groups is 1. The van der Waals surface area contributed by atoms with Crippen LogP contribution in [0.4, 0.5) is 10.2 Å². The molecule has 3 aliphatic heterocycles. The number of allylic oxidation sites excluding steroid dienone is 1. The minimum atomic E-state index is -0.535. The fraction of sp³-hybridized carbons (Fsp3) is 0.438. The summed E-state index contributed by atoms with van der Waals surface area (Å²) in [5.41, 5.74) is 2.39. The molecule has 0 saturated carbocycles. The highest BCUT2D eigenvalue weighted by atomic mass is 35.5. The zero-order chi connectivity index (χ0) is 29.2. The van der Waals surface area contributed by atoms with Gasteiger partial charge in [-0.1, -0.05) is 49.7 Å². The number of aromatic nitrogens is 2. The first-order valence-corrected chi connectivity index (χ1v) is 16.2. The summed E-state index contributed by atoms with van der Waals surface area (Å²) in [5.74, 6) is 0.768. The Morgan fingerprint density at radius 2 is 1.90 bits per heavy atom. The van der Waals surface area contributed by atoms with Gasteiger partial charge in [0.25, 0.3) is 0 Å². The third-order valence-electron chi connectivity index (χ3n) is 8.37. The van der Waals surface area contributed by atoms with Crippen LogP contribution in [0.25, 0.3) is 21.9 Å². The zero-order valence-corrected chi connectivity index (χ0v) is 25.6. The second-order valence-corrected chi connectivity index (χ2v) is 12.5. The smallest absolute Gasteiger partial charge is 0.319 e. The fourth-order valence-corrected chi connectivity index (χ4v) is 7.61. The van der Waals surface area contributed by atoms with E-state index in [-0.39, 0.29) is 27.9 Å². The summed E-state index contributed by atoms with van der Waals surface area (Å²) in [4.78, 5) is 14.5. The molecular formula is C32H37ClFN5O2S. The lowest BCUT2D eigenvalue weighted by molar-refractivity contribution is 0.239. The van der Waals surface area contributed by atoms with Gasteiger partial charge < -0.3 is 25.0 Å². The number of hydrogen-bond donors (Lipinski definition) is 2. The number of thioether (sulfide) groups is 1. The summed E-state index contributed by atoms with van der Waals surface area (Å²) in [6.07, 6.45) is 6.33. The minimum Gasteiger partial charge on any atom is -0.508 e. The second-order valence-electron chi connectivity index (χ2n) is 11.1. The van der Waals surface area contributed by atoms with E-state index in [9.17, 15) is 5.11 Å². The van der Waals surface area contributed by atoms with E-state index >= 15 is 4.39 Å². The molecule has 0 aliphatic carbocycles. The number of fused-ring (bicyclic) bond motifs is 4. The van der Waals surface area contributed by atoms with Gasteiger partial charge in [-0.05, 0) is 61.7 Å². The number of piperazine rings is 1. The van der Waals surface area contributed by atoms with Gasteiger partial charge in [-0.25, -0.2) is 4.39 Å². The van der Waals surface area contributed by atoms with Crippen molar-refractivity contribution in [2.45, 2.75) is 50.9 Å². The van der Waals surface area contributed by atoms with Crippen LogP contribution in [0.3, 0.4) is 0 Å². The van der Waals surface area contributed by atoms with Gasteiger partial charge in [0, 0.05) is 53.3 Å². The SMILES string of the molecule is CCN(CC)CCCOc1nc(N2CC3CCC(C2)N3)c2cc(Cl)c(/C3=C/C(O)=C\c4ccccc4CS3)c(F)c2n1. The maximum atomic E-state index is 16.6. The Balaban J connectivity index is 1.39. The molecular weight excluding hydrogens is 573 g/mol. The van der Waals surface area contributed by atoms with Crippen LogP contribution in [0.2, 0.25) is 5.02 Å². The van der Waals surface area contributed by atoms with Crippen molar-refractivity contribution in [3.8, 4) is 6.01 Å². The molecule has 3 aliphatic rings. The normalized spacial score (nSPS) is 22.7. The first-order valence-electron chi connectivity index (χ1n) is 14.8. The molecule has 0 amide bonds. The van der Waals surface area contributed by atoms with E-state index in [1.54, 1.807) is 18.2 Å². The van der Waals surface area contributed by atoms with Gasteiger partial charge in [-0.2, -0.15) is 9.97 Å². The third-order valence-corrected chi connectivity index (χ3v) is 9.76. The van der Waals surface area contributed by atoms with Crippen LogP contribution in [0, 0.1) is 5.82 Å². The summed E-state index contributed by atoms with van der Waals surface area (Å²) in [6.45, 7) is 9.17. The molecule has 222 valence electrons. The maximum Gasteiger partial charge on any atom is 0.319 e. The van der Waals surface area contributed by atoms with Crippen LogP contribution in [-0.2, 0) is 5.75 Å². The average molecular weight is 610 g/mol. The molecule has 7 nitrogen and oxygen atoms in total. The summed E-state index contributed by atoms with van der Waals surface area (Å²) in [5, 5.41) is 15.2. The lowest BCUT2D eigenvalue weighted by atomic mass is 10.1. The number of ether oxygens (including phenoxy) is 1. The molecule has 10 heteroatoms. The molecule has 2 bridgehead atoms. The predicted molar refractivity (Wildman–Crippen MR) is 171 cm³/mol. The van der Waals surface area contributed by atoms with E-state index in [0.29, 0.717) is 40.6 Å². The molecule has 0 spiro atoms. The molecule has 3 aromatic rings. The number of anilines is 1. The molecule has 2 atom stereocenters. The molecule has 2 aromatic carbocycles. The lowest BCUT2D eigenvalue weighted by Gasteiger charge is -2.34. The van der Waals surface area contributed by atoms with Crippen LogP contribution in [0.1, 0.15) is 49.8 Å². The van der Waals surface area contributed by atoms with Crippen molar-refractivity contribution in [1.29, 1.82) is 0 Å². The number of aliphatic hydroxyl groups excluding tert-OH is 1. The lowest BCUT2D eigenvalue weighted by Crippen LogP contribution is -2.51. The van der Waals surface area contributed by atoms with Crippen LogP contribution >= 0.6 is 23.4 Å². The second kappa shape index (κ2) is 12.8. The van der Waals surface area contributed by atoms with Gasteiger partial charge in [0.05, 0.1) is 11.6 Å². The molecule has 2 unspecified atom stereocenters. The van der Waals surface area contributed by atoms with Crippen LogP contribution in [0.5, 0.6) is 6.01 Å². The molecule has 2 saturated heterocycles. The molecule has 0 radical (unpaired) electrons. The highest BCUT2D eigenvalue weighted by molar-refractivity contribution is 8.07. The zero-order valence-electron chi connectivity index (χ0n) is 24.1. The Labute approximate surface area is 255 Å². The van der Waals surface area contributed by atoms with Gasteiger partial charge in [0.2, 0.25) is 0 Å². The Hall–Kier alpha value is -2.85. The molecule has 6 rings (SSSR count). The van der Waals surface area contributed by atoms with Crippen LogP contribution < -0.4 is 15.0 Å². The first kappa shape index (κ1) is 29.2. The first-order chi connectivity index (χ1) is 20.4. The standard InChI is InChI=1S/C32H37ClFN5O2S/c1-3-38(4-2)12-7-13-41-32-36-30-25(31(37-32)39-17-22-10-11-23(18-39)35-22)16-26(33)28(29(30)34)27-15-24(40)14-20-8-5-6-9-21(20)19-42-27/h5-6,8-9,14-16,22-23,35,40H,3-4,7,10-13,17-19H2,1-2H3/b24-14+,27-15-. The van der Waals surface area contributed by atoms with Crippen molar-refractivity contribution in [3.05, 3.63) is 69.7 Å². The summed E-state index contributed by atoms with van der Waals surface area (Å²) < 4.78 is 22.7. The average Bonchev–Trinajstić information content (AvgIpc) is 3.32. The Morgan fingerprint density at radius 3 is 2.67 bits per heavy atom. The van der Waals surface area contributed by atoms with E-state index in [0.717, 1.165) is 63.1 Å². The molecule has 2 N–H and O–H groups in total. The van der Waals surface area contributed by atoms with Crippen LogP contribution in [0.15, 0.2) is 42.2 Å². The monoisotopic (exact) mass is 609 g/mol. The predicted octanol–water partition coefficient (Wildman–Crippen LogP) is 6.66. The van der Waals surface area contributed by atoms with E-state index in [2.05, 4.69) is 33.9 Å². The Morgan fingerprint density at radius 1 is 1.14 bits per heavy atom. The highest BCUT2D eigenvalue weighted by Crippen LogP contribution is 2.43. The van der Waals surface area contributed by atoms with Crippen LogP contribution in [-0.4, -0.2) is 71.4 Å². The van der Waals surface area contributed by atoms with Gasteiger partial charge in [0.1, 0.15) is 17.1 Å². The Kier molecular flexibility index (Phi) is 8.90. The van der Waals surface area contributed by atoms with Crippen molar-refractivity contribution in [3.63, 3.8) is 0 Å². The largest absolute Gasteiger partial charge is 0.508 e. The fourth-order valence-electron chi connectivity index (χ4n) is 6.14. The van der Waals surface area contributed by atoms with Gasteiger partial charge in [0.15, 0.2) is 5.82 Å². The Bertz CT molecular complexity index is 1520. The van der Waals surface area contributed by atoms with E-state index in [1.165, 1.54) is 11.8 Å².